The van der Waals surface area contributed by atoms with Crippen molar-refractivity contribution in [2.75, 3.05) is 18.0 Å². The van der Waals surface area contributed by atoms with Crippen LogP contribution in [-0.2, 0) is 13.6 Å². The third-order valence-electron chi connectivity index (χ3n) is 6.66. The Balaban J connectivity index is 1.07. The molecule has 0 spiro atoms. The maximum atomic E-state index is 12.7. The first-order chi connectivity index (χ1) is 15.7. The van der Waals surface area contributed by atoms with E-state index in [9.17, 15) is 4.79 Å². The van der Waals surface area contributed by atoms with Gasteiger partial charge in [0.15, 0.2) is 29.0 Å². The smallest absolute Gasteiger partial charge is 0.280 e. The van der Waals surface area contributed by atoms with E-state index in [0.29, 0.717) is 34.8 Å². The number of fused-ring (bicyclic) bond motifs is 3. The number of hydrogen-bond donors (Lipinski definition) is 0. The molecule has 5 heterocycles. The summed E-state index contributed by atoms with van der Waals surface area (Å²) in [6, 6.07) is 6.10. The van der Waals surface area contributed by atoms with Crippen LogP contribution in [0.4, 0.5) is 5.69 Å². The van der Waals surface area contributed by atoms with Crippen molar-refractivity contribution in [1.29, 1.82) is 0 Å². The fourth-order valence-corrected chi connectivity index (χ4v) is 4.96. The quantitative estimate of drug-likeness (QED) is 0.418. The van der Waals surface area contributed by atoms with Gasteiger partial charge in [0.1, 0.15) is 18.4 Å². The normalized spacial score (nSPS) is 22.2. The molecular formula is C21H18N8O3. The molecule has 2 fully saturated rings. The molecule has 1 saturated heterocycles. The molecule has 2 unspecified atom stereocenters. The van der Waals surface area contributed by atoms with Crippen LogP contribution in [0.25, 0.3) is 22.3 Å². The van der Waals surface area contributed by atoms with Gasteiger partial charge in [0.25, 0.3) is 5.56 Å². The molecule has 4 aromatic heterocycles. The van der Waals surface area contributed by atoms with Gasteiger partial charge in [-0.1, -0.05) is 5.16 Å². The zero-order chi connectivity index (χ0) is 21.4. The van der Waals surface area contributed by atoms with E-state index < -0.39 is 0 Å². The Bertz CT molecular complexity index is 1530. The van der Waals surface area contributed by atoms with Crippen molar-refractivity contribution in [3.8, 4) is 0 Å². The zero-order valence-electron chi connectivity index (χ0n) is 17.1. The van der Waals surface area contributed by atoms with Crippen molar-refractivity contribution >= 4 is 28.0 Å². The number of imidazole rings is 1. The number of aryl methyl sites for hydroxylation is 1. The summed E-state index contributed by atoms with van der Waals surface area (Å²) in [7, 11) is 1.77. The van der Waals surface area contributed by atoms with Crippen LogP contribution in [0.2, 0.25) is 0 Å². The molecule has 11 nitrogen and oxygen atoms in total. The monoisotopic (exact) mass is 430 g/mol. The number of nitrogens with zero attached hydrogens (tertiary/aromatic N) is 8. The first kappa shape index (κ1) is 17.6. The molecule has 1 aliphatic heterocycles. The molecule has 32 heavy (non-hydrogen) atoms. The molecule has 0 radical (unpaired) electrons. The molecule has 0 bridgehead atoms. The van der Waals surface area contributed by atoms with Gasteiger partial charge in [0.05, 0.1) is 6.33 Å². The standard InChI is InChI=1S/C21H18N8O3/c1-27-8-22-20-18(27)21(30)29(9-23-20)7-16-25-19(26-32-16)17-12-5-28(6-13(12)17)11-2-3-15-14(4-11)24-10-31-15/h2-4,8-10,12-13,17H,5-7H2,1H3. The predicted octanol–water partition coefficient (Wildman–Crippen LogP) is 1.55. The second kappa shape index (κ2) is 6.25. The first-order valence-electron chi connectivity index (χ1n) is 10.4. The van der Waals surface area contributed by atoms with E-state index >= 15 is 0 Å². The summed E-state index contributed by atoms with van der Waals surface area (Å²) in [4.78, 5) is 32.3. The Morgan fingerprint density at radius 3 is 2.84 bits per heavy atom. The summed E-state index contributed by atoms with van der Waals surface area (Å²) >= 11 is 0. The van der Waals surface area contributed by atoms with Gasteiger partial charge in [-0.25, -0.2) is 15.0 Å². The summed E-state index contributed by atoms with van der Waals surface area (Å²) in [6.45, 7) is 2.08. The lowest BCUT2D eigenvalue weighted by Gasteiger charge is -2.21. The molecule has 11 heteroatoms. The van der Waals surface area contributed by atoms with Crippen LogP contribution in [0.5, 0.6) is 0 Å². The van der Waals surface area contributed by atoms with Crippen LogP contribution < -0.4 is 10.5 Å². The summed E-state index contributed by atoms with van der Waals surface area (Å²) < 4.78 is 13.9. The third kappa shape index (κ3) is 2.53. The van der Waals surface area contributed by atoms with E-state index in [1.54, 1.807) is 17.9 Å². The van der Waals surface area contributed by atoms with Crippen molar-refractivity contribution < 1.29 is 8.94 Å². The number of hydrogen-bond acceptors (Lipinski definition) is 9. The first-order valence-corrected chi connectivity index (χ1v) is 10.4. The fraction of sp³-hybridized carbons (Fsp3) is 0.333. The minimum atomic E-state index is -0.183. The lowest BCUT2D eigenvalue weighted by atomic mass is 10.2. The van der Waals surface area contributed by atoms with E-state index in [2.05, 4.69) is 42.1 Å². The van der Waals surface area contributed by atoms with Gasteiger partial charge < -0.3 is 18.4 Å². The Morgan fingerprint density at radius 2 is 1.97 bits per heavy atom. The van der Waals surface area contributed by atoms with Crippen molar-refractivity contribution in [1.82, 2.24) is 34.2 Å². The van der Waals surface area contributed by atoms with Crippen LogP contribution in [0.3, 0.4) is 0 Å². The Morgan fingerprint density at radius 1 is 1.12 bits per heavy atom. The van der Waals surface area contributed by atoms with Gasteiger partial charge >= 0.3 is 0 Å². The molecule has 1 aliphatic carbocycles. The topological polar surface area (TPSA) is 121 Å². The highest BCUT2D eigenvalue weighted by Gasteiger charge is 2.58. The molecule has 0 amide bonds. The minimum absolute atomic E-state index is 0.183. The number of benzene rings is 1. The Labute approximate surface area is 180 Å². The average Bonchev–Trinajstić information content (AvgIpc) is 3.38. The van der Waals surface area contributed by atoms with Crippen molar-refractivity contribution in [2.45, 2.75) is 12.5 Å². The molecule has 7 rings (SSSR count). The molecule has 160 valence electrons. The summed E-state index contributed by atoms with van der Waals surface area (Å²) in [5.41, 5.74) is 3.52. The number of anilines is 1. The number of aromatic nitrogens is 7. The van der Waals surface area contributed by atoms with Crippen LogP contribution in [-0.4, -0.2) is 47.3 Å². The van der Waals surface area contributed by atoms with Gasteiger partial charge in [0, 0.05) is 31.7 Å². The van der Waals surface area contributed by atoms with Gasteiger partial charge in [-0.3, -0.25) is 9.36 Å². The minimum Gasteiger partial charge on any atom is -0.443 e. The Hall–Kier alpha value is -4.02. The summed E-state index contributed by atoms with van der Waals surface area (Å²) in [5.74, 6) is 2.44. The summed E-state index contributed by atoms with van der Waals surface area (Å²) in [5, 5.41) is 4.21. The highest BCUT2D eigenvalue weighted by atomic mass is 16.5. The van der Waals surface area contributed by atoms with Crippen LogP contribution in [0.1, 0.15) is 17.6 Å². The van der Waals surface area contributed by atoms with E-state index in [-0.39, 0.29) is 12.1 Å². The maximum absolute atomic E-state index is 12.7. The molecule has 5 aromatic rings. The average molecular weight is 430 g/mol. The third-order valence-corrected chi connectivity index (χ3v) is 6.66. The maximum Gasteiger partial charge on any atom is 0.280 e. The van der Waals surface area contributed by atoms with Crippen LogP contribution in [0.15, 0.2) is 51.0 Å². The highest BCUT2D eigenvalue weighted by Crippen LogP contribution is 2.58. The molecule has 1 aromatic carbocycles. The van der Waals surface area contributed by atoms with Gasteiger partial charge in [-0.05, 0) is 30.0 Å². The largest absolute Gasteiger partial charge is 0.443 e. The van der Waals surface area contributed by atoms with E-state index in [1.807, 2.05) is 6.07 Å². The van der Waals surface area contributed by atoms with Gasteiger partial charge in [-0.15, -0.1) is 0 Å². The van der Waals surface area contributed by atoms with Crippen molar-refractivity contribution in [3.63, 3.8) is 0 Å². The number of rotatable bonds is 4. The van der Waals surface area contributed by atoms with Crippen molar-refractivity contribution in [3.05, 3.63) is 59.3 Å². The van der Waals surface area contributed by atoms with Gasteiger partial charge in [0.2, 0.25) is 5.89 Å². The zero-order valence-corrected chi connectivity index (χ0v) is 17.1. The van der Waals surface area contributed by atoms with E-state index in [4.69, 9.17) is 8.94 Å². The second-order valence-electron chi connectivity index (χ2n) is 8.51. The fourth-order valence-electron chi connectivity index (χ4n) is 4.96. The SMILES string of the molecule is Cn1cnc2ncn(Cc3nc(C4C5CN(c6ccc7ocnc7c6)CC54)no3)c(=O)c21. The molecule has 0 N–H and O–H groups in total. The molecular weight excluding hydrogens is 412 g/mol. The van der Waals surface area contributed by atoms with Crippen molar-refractivity contribution in [2.24, 2.45) is 18.9 Å². The summed E-state index contributed by atoms with van der Waals surface area (Å²) in [6.07, 6.45) is 4.52. The van der Waals surface area contributed by atoms with Gasteiger partial charge in [-0.2, -0.15) is 4.98 Å². The second-order valence-corrected chi connectivity index (χ2v) is 8.51. The lowest BCUT2D eigenvalue weighted by Crippen LogP contribution is -2.23. The lowest BCUT2D eigenvalue weighted by molar-refractivity contribution is 0.363. The highest BCUT2D eigenvalue weighted by molar-refractivity contribution is 5.77. The number of oxazole rings is 1. The number of piperidine rings is 1. The molecule has 2 aliphatic rings. The predicted molar refractivity (Wildman–Crippen MR) is 112 cm³/mol. The molecule has 2 atom stereocenters. The van der Waals surface area contributed by atoms with E-state index in [1.165, 1.54) is 17.3 Å². The van der Waals surface area contributed by atoms with Crippen LogP contribution in [0, 0.1) is 11.8 Å². The Kier molecular flexibility index (Phi) is 3.45. The van der Waals surface area contributed by atoms with Crippen LogP contribution >= 0.6 is 0 Å². The molecule has 1 saturated carbocycles. The van der Waals surface area contributed by atoms with E-state index in [0.717, 1.165) is 35.7 Å².